The van der Waals surface area contributed by atoms with Crippen molar-refractivity contribution in [1.82, 2.24) is 0 Å². The largest absolute Gasteiger partial charge is 0.460 e. The first kappa shape index (κ1) is 18.6. The molecule has 0 aromatic carbocycles. The number of esters is 1. The van der Waals surface area contributed by atoms with Crippen molar-refractivity contribution >= 4 is 15.0 Å². The average Bonchev–Trinajstić information content (AvgIpc) is 3.23. The topological polar surface area (TPSA) is 57.3 Å². The fraction of sp³-hybridized carbons (Fsp3) is 0.933. The van der Waals surface area contributed by atoms with Gasteiger partial charge in [0.1, 0.15) is 12.2 Å². The standard InChI is InChI=1S/C15H30O5Si/c1-5-14(20-13(4)16)11-19-21(12(2)3)8-6-7-17-9-15-10-18-15/h12,14-15,21H,5-11H2,1-4H3. The van der Waals surface area contributed by atoms with Crippen molar-refractivity contribution < 1.29 is 23.4 Å². The minimum absolute atomic E-state index is 0.112. The summed E-state index contributed by atoms with van der Waals surface area (Å²) in [6.45, 7) is 10.8. The first-order chi connectivity index (χ1) is 10.0. The summed E-state index contributed by atoms with van der Waals surface area (Å²) in [5.74, 6) is -0.232. The molecule has 6 heteroatoms. The van der Waals surface area contributed by atoms with E-state index in [1.807, 2.05) is 6.92 Å². The molecule has 3 atom stereocenters. The van der Waals surface area contributed by atoms with Crippen molar-refractivity contribution in [3.63, 3.8) is 0 Å². The second-order valence-corrected chi connectivity index (χ2v) is 9.25. The smallest absolute Gasteiger partial charge is 0.302 e. The highest BCUT2D eigenvalue weighted by atomic mass is 28.3. The Labute approximate surface area is 130 Å². The van der Waals surface area contributed by atoms with Crippen LogP contribution in [0.3, 0.4) is 0 Å². The van der Waals surface area contributed by atoms with Crippen LogP contribution >= 0.6 is 0 Å². The average molecular weight is 318 g/mol. The molecule has 21 heavy (non-hydrogen) atoms. The zero-order valence-electron chi connectivity index (χ0n) is 13.8. The molecule has 0 aromatic rings. The molecule has 0 spiro atoms. The minimum atomic E-state index is -1.28. The number of carbonyl (C=O) groups excluding carboxylic acids is 1. The van der Waals surface area contributed by atoms with Gasteiger partial charge in [0.25, 0.3) is 0 Å². The Hall–Kier alpha value is -0.433. The van der Waals surface area contributed by atoms with E-state index in [-0.39, 0.29) is 12.1 Å². The maximum absolute atomic E-state index is 11.0. The van der Waals surface area contributed by atoms with Crippen LogP contribution < -0.4 is 0 Å². The summed E-state index contributed by atoms with van der Waals surface area (Å²) >= 11 is 0. The third-order valence-corrected chi connectivity index (χ3v) is 6.60. The van der Waals surface area contributed by atoms with E-state index in [0.29, 0.717) is 18.3 Å². The molecule has 1 heterocycles. The SMILES string of the molecule is CCC(CO[SiH](CCCOCC1CO1)C(C)C)OC(C)=O. The van der Waals surface area contributed by atoms with Gasteiger partial charge in [-0.05, 0) is 24.4 Å². The van der Waals surface area contributed by atoms with Gasteiger partial charge in [0.15, 0.2) is 9.04 Å². The number of carbonyl (C=O) groups is 1. The lowest BCUT2D eigenvalue weighted by atomic mass is 10.3. The zero-order chi connectivity index (χ0) is 15.7. The predicted molar refractivity (Wildman–Crippen MR) is 84.0 cm³/mol. The van der Waals surface area contributed by atoms with Crippen molar-refractivity contribution in [2.45, 2.75) is 64.3 Å². The van der Waals surface area contributed by atoms with Gasteiger partial charge in [-0.25, -0.2) is 0 Å². The van der Waals surface area contributed by atoms with Crippen molar-refractivity contribution in [3.05, 3.63) is 0 Å². The van der Waals surface area contributed by atoms with Crippen LogP contribution in [0.5, 0.6) is 0 Å². The molecule has 5 nitrogen and oxygen atoms in total. The Balaban J connectivity index is 2.16. The number of ether oxygens (including phenoxy) is 3. The van der Waals surface area contributed by atoms with E-state index in [9.17, 15) is 4.79 Å². The summed E-state index contributed by atoms with van der Waals surface area (Å²) < 4.78 is 22.0. The maximum atomic E-state index is 11.0. The van der Waals surface area contributed by atoms with E-state index >= 15 is 0 Å². The predicted octanol–water partition coefficient (Wildman–Crippen LogP) is 2.28. The molecular weight excluding hydrogens is 288 g/mol. The molecule has 0 aliphatic carbocycles. The van der Waals surface area contributed by atoms with Crippen LogP contribution in [-0.4, -0.2) is 53.6 Å². The highest BCUT2D eigenvalue weighted by Crippen LogP contribution is 2.17. The van der Waals surface area contributed by atoms with Gasteiger partial charge in [0.2, 0.25) is 0 Å². The van der Waals surface area contributed by atoms with Gasteiger partial charge in [0, 0.05) is 13.5 Å². The number of epoxide rings is 1. The molecule has 0 saturated carbocycles. The molecule has 1 aliphatic rings. The van der Waals surface area contributed by atoms with Crippen molar-refractivity contribution in [2.75, 3.05) is 26.4 Å². The maximum Gasteiger partial charge on any atom is 0.302 e. The summed E-state index contributed by atoms with van der Waals surface area (Å²) in [7, 11) is -1.28. The first-order valence-corrected chi connectivity index (χ1v) is 9.96. The van der Waals surface area contributed by atoms with E-state index < -0.39 is 9.04 Å². The normalized spacial score (nSPS) is 20.3. The van der Waals surface area contributed by atoms with E-state index in [0.717, 1.165) is 38.7 Å². The van der Waals surface area contributed by atoms with Gasteiger partial charge < -0.3 is 18.6 Å². The molecule has 124 valence electrons. The number of rotatable bonds is 12. The van der Waals surface area contributed by atoms with Gasteiger partial charge in [-0.1, -0.05) is 20.8 Å². The minimum Gasteiger partial charge on any atom is -0.460 e. The summed E-state index contributed by atoms with van der Waals surface area (Å²) in [5.41, 5.74) is 0.576. The number of hydrogen-bond acceptors (Lipinski definition) is 5. The molecule has 0 aromatic heterocycles. The lowest BCUT2D eigenvalue weighted by Crippen LogP contribution is -2.29. The van der Waals surface area contributed by atoms with Crippen LogP contribution in [0, 0.1) is 0 Å². The molecule has 1 fully saturated rings. The molecule has 0 radical (unpaired) electrons. The molecule has 3 unspecified atom stereocenters. The Morgan fingerprint density at radius 1 is 1.43 bits per heavy atom. The molecule has 0 amide bonds. The second-order valence-electron chi connectivity index (χ2n) is 5.93. The molecule has 0 bridgehead atoms. The summed E-state index contributed by atoms with van der Waals surface area (Å²) in [4.78, 5) is 11.0. The van der Waals surface area contributed by atoms with Gasteiger partial charge >= 0.3 is 5.97 Å². The van der Waals surface area contributed by atoms with Crippen LogP contribution in [0.25, 0.3) is 0 Å². The monoisotopic (exact) mass is 318 g/mol. The summed E-state index contributed by atoms with van der Waals surface area (Å²) in [6, 6.07) is 1.10. The van der Waals surface area contributed by atoms with E-state index in [2.05, 4.69) is 13.8 Å². The lowest BCUT2D eigenvalue weighted by Gasteiger charge is -2.23. The Morgan fingerprint density at radius 3 is 2.67 bits per heavy atom. The van der Waals surface area contributed by atoms with Crippen molar-refractivity contribution in [3.8, 4) is 0 Å². The highest BCUT2D eigenvalue weighted by molar-refractivity contribution is 6.53. The Kier molecular flexibility index (Phi) is 9.15. The lowest BCUT2D eigenvalue weighted by molar-refractivity contribution is -0.148. The van der Waals surface area contributed by atoms with Gasteiger partial charge in [0.05, 0.1) is 19.8 Å². The highest BCUT2D eigenvalue weighted by Gasteiger charge is 2.23. The van der Waals surface area contributed by atoms with Crippen LogP contribution in [-0.2, 0) is 23.4 Å². The molecule has 1 saturated heterocycles. The molecular formula is C15H30O5Si. The van der Waals surface area contributed by atoms with Gasteiger partial charge in [-0.2, -0.15) is 0 Å². The third kappa shape index (κ3) is 9.24. The summed E-state index contributed by atoms with van der Waals surface area (Å²) in [6.07, 6.45) is 2.06. The fourth-order valence-corrected chi connectivity index (χ4v) is 4.32. The number of hydrogen-bond donors (Lipinski definition) is 0. The van der Waals surface area contributed by atoms with Crippen molar-refractivity contribution in [2.24, 2.45) is 0 Å². The fourth-order valence-electron chi connectivity index (χ4n) is 2.08. The molecule has 1 rings (SSSR count). The van der Waals surface area contributed by atoms with Crippen LogP contribution in [0.1, 0.15) is 40.5 Å². The van der Waals surface area contributed by atoms with E-state index in [4.69, 9.17) is 18.6 Å². The molecule has 1 aliphatic heterocycles. The van der Waals surface area contributed by atoms with Crippen LogP contribution in [0.15, 0.2) is 0 Å². The van der Waals surface area contributed by atoms with Crippen LogP contribution in [0.4, 0.5) is 0 Å². The van der Waals surface area contributed by atoms with Gasteiger partial charge in [-0.15, -0.1) is 0 Å². The Bertz CT molecular complexity index is 294. The van der Waals surface area contributed by atoms with E-state index in [1.54, 1.807) is 0 Å². The van der Waals surface area contributed by atoms with Crippen molar-refractivity contribution in [1.29, 1.82) is 0 Å². The Morgan fingerprint density at radius 2 is 2.14 bits per heavy atom. The second kappa shape index (κ2) is 10.3. The zero-order valence-corrected chi connectivity index (χ0v) is 15.0. The summed E-state index contributed by atoms with van der Waals surface area (Å²) in [5, 5.41) is 0. The van der Waals surface area contributed by atoms with Gasteiger partial charge in [-0.3, -0.25) is 4.79 Å². The molecule has 0 N–H and O–H groups in total. The third-order valence-electron chi connectivity index (χ3n) is 3.51. The van der Waals surface area contributed by atoms with Crippen LogP contribution in [0.2, 0.25) is 11.6 Å². The first-order valence-electron chi connectivity index (χ1n) is 8.01. The quantitative estimate of drug-likeness (QED) is 0.239. The van der Waals surface area contributed by atoms with E-state index in [1.165, 1.54) is 6.92 Å².